The molecule has 0 saturated heterocycles. The summed E-state index contributed by atoms with van der Waals surface area (Å²) in [5.41, 5.74) is 5.44. The van der Waals surface area contributed by atoms with Crippen molar-refractivity contribution in [1.29, 1.82) is 0 Å². The number of anilines is 2. The molecule has 0 unspecified atom stereocenters. The van der Waals surface area contributed by atoms with Crippen molar-refractivity contribution in [2.24, 2.45) is 0 Å². The topological polar surface area (TPSA) is 131 Å². The van der Waals surface area contributed by atoms with Crippen LogP contribution in [0.2, 0.25) is 0 Å². The third kappa shape index (κ3) is 3.77. The Balaban J connectivity index is 1.81. The Morgan fingerprint density at radius 1 is 1.13 bits per heavy atom. The number of nitrogens with zero attached hydrogens (tertiary/aromatic N) is 3. The maximum atomic E-state index is 13.1. The number of carbonyl (C=O) groups excluding carboxylic acids is 1. The smallest absolute Gasteiger partial charge is 0.260 e. The molecule has 0 saturated carbocycles. The standard InChI is InChI=1S/C20H21N5O5/c1-2-25-16(24-18(26)12-10-22-20(21)23-11-12)9-14-13(19(25)27)3-4-15-17(14)30-8-6-28-5-7-29-15/h3-4,9-11H,2,5-8H2,1H3,(H,24,26)(H2,21,22,23). The SMILES string of the molecule is CCn1c(NC(=O)c2cnc(N)nc2)cc2c3c(ccc2c1=O)OCCOCCO3. The van der Waals surface area contributed by atoms with Crippen LogP contribution in [0.4, 0.5) is 11.8 Å². The molecule has 156 valence electrons. The van der Waals surface area contributed by atoms with Crippen LogP contribution in [0.25, 0.3) is 10.8 Å². The zero-order chi connectivity index (χ0) is 21.1. The highest BCUT2D eigenvalue weighted by Crippen LogP contribution is 2.36. The van der Waals surface area contributed by atoms with Crippen molar-refractivity contribution in [2.75, 3.05) is 37.5 Å². The first-order valence-electron chi connectivity index (χ1n) is 9.51. The van der Waals surface area contributed by atoms with Crippen molar-refractivity contribution in [3.05, 3.63) is 46.5 Å². The number of benzene rings is 1. The first-order chi connectivity index (χ1) is 14.6. The minimum absolute atomic E-state index is 0.0679. The third-order valence-electron chi connectivity index (χ3n) is 4.66. The van der Waals surface area contributed by atoms with E-state index in [1.807, 2.05) is 6.92 Å². The van der Waals surface area contributed by atoms with E-state index in [0.717, 1.165) is 0 Å². The molecular formula is C20H21N5O5. The monoisotopic (exact) mass is 411 g/mol. The van der Waals surface area contributed by atoms with Gasteiger partial charge in [-0.3, -0.25) is 14.2 Å². The van der Waals surface area contributed by atoms with Gasteiger partial charge in [-0.25, -0.2) is 9.97 Å². The van der Waals surface area contributed by atoms with E-state index in [1.54, 1.807) is 18.2 Å². The van der Waals surface area contributed by atoms with Crippen LogP contribution >= 0.6 is 0 Å². The van der Waals surface area contributed by atoms with Crippen LogP contribution in [0.3, 0.4) is 0 Å². The van der Waals surface area contributed by atoms with E-state index < -0.39 is 5.91 Å². The van der Waals surface area contributed by atoms with Gasteiger partial charge in [0.05, 0.1) is 24.2 Å². The van der Waals surface area contributed by atoms with Crippen molar-refractivity contribution in [2.45, 2.75) is 13.5 Å². The number of hydrogen-bond acceptors (Lipinski definition) is 8. The molecular weight excluding hydrogens is 390 g/mol. The first-order valence-corrected chi connectivity index (χ1v) is 9.51. The van der Waals surface area contributed by atoms with E-state index in [9.17, 15) is 9.59 Å². The molecule has 3 heterocycles. The predicted molar refractivity (Wildman–Crippen MR) is 110 cm³/mol. The second-order valence-corrected chi connectivity index (χ2v) is 6.53. The van der Waals surface area contributed by atoms with Crippen LogP contribution in [0.5, 0.6) is 11.5 Å². The maximum absolute atomic E-state index is 13.1. The number of nitrogens with one attached hydrogen (secondary N) is 1. The lowest BCUT2D eigenvalue weighted by molar-refractivity contribution is 0.0879. The van der Waals surface area contributed by atoms with Gasteiger partial charge in [-0.05, 0) is 25.1 Å². The number of hydrogen-bond donors (Lipinski definition) is 2. The van der Waals surface area contributed by atoms with E-state index in [-0.39, 0.29) is 17.1 Å². The number of carbonyl (C=O) groups is 1. The number of aromatic nitrogens is 3. The van der Waals surface area contributed by atoms with Gasteiger partial charge in [0.2, 0.25) is 5.95 Å². The maximum Gasteiger partial charge on any atom is 0.260 e. The summed E-state index contributed by atoms with van der Waals surface area (Å²) >= 11 is 0. The average Bonchev–Trinajstić information content (AvgIpc) is 2.86. The van der Waals surface area contributed by atoms with Gasteiger partial charge in [-0.1, -0.05) is 0 Å². The van der Waals surface area contributed by atoms with Gasteiger partial charge < -0.3 is 25.3 Å². The second-order valence-electron chi connectivity index (χ2n) is 6.53. The fourth-order valence-corrected chi connectivity index (χ4v) is 3.22. The number of pyridine rings is 1. The molecule has 0 fully saturated rings. The molecule has 30 heavy (non-hydrogen) atoms. The molecule has 0 bridgehead atoms. The number of fused-ring (bicyclic) bond motifs is 3. The highest BCUT2D eigenvalue weighted by Gasteiger charge is 2.19. The molecule has 1 aromatic carbocycles. The van der Waals surface area contributed by atoms with Gasteiger partial charge in [0.25, 0.3) is 11.5 Å². The Morgan fingerprint density at radius 3 is 2.60 bits per heavy atom. The van der Waals surface area contributed by atoms with E-state index in [2.05, 4.69) is 15.3 Å². The van der Waals surface area contributed by atoms with Crippen molar-refractivity contribution < 1.29 is 19.0 Å². The summed E-state index contributed by atoms with van der Waals surface area (Å²) < 4.78 is 18.5. The summed E-state index contributed by atoms with van der Waals surface area (Å²) in [5.74, 6) is 0.899. The molecule has 0 aliphatic carbocycles. The molecule has 0 atom stereocenters. The Bertz CT molecular complexity index is 1140. The lowest BCUT2D eigenvalue weighted by Gasteiger charge is -2.17. The molecule has 3 N–H and O–H groups in total. The summed E-state index contributed by atoms with van der Waals surface area (Å²) in [6, 6.07) is 5.12. The molecule has 2 aromatic heterocycles. The molecule has 1 amide bonds. The first kappa shape index (κ1) is 19.6. The van der Waals surface area contributed by atoms with Crippen LogP contribution < -0.4 is 26.1 Å². The number of amides is 1. The molecule has 1 aliphatic heterocycles. The van der Waals surface area contributed by atoms with Crippen molar-refractivity contribution in [3.63, 3.8) is 0 Å². The lowest BCUT2D eigenvalue weighted by atomic mass is 10.1. The summed E-state index contributed by atoms with van der Waals surface area (Å²) in [5, 5.41) is 3.77. The third-order valence-corrected chi connectivity index (χ3v) is 4.66. The van der Waals surface area contributed by atoms with Gasteiger partial charge in [0.15, 0.2) is 11.5 Å². The van der Waals surface area contributed by atoms with E-state index >= 15 is 0 Å². The Morgan fingerprint density at radius 2 is 1.87 bits per heavy atom. The number of rotatable bonds is 3. The molecule has 1 aliphatic rings. The van der Waals surface area contributed by atoms with Crippen LogP contribution in [-0.2, 0) is 11.3 Å². The van der Waals surface area contributed by atoms with Crippen LogP contribution in [-0.4, -0.2) is 46.9 Å². The zero-order valence-corrected chi connectivity index (χ0v) is 16.4. The predicted octanol–water partition coefficient (Wildman–Crippen LogP) is 1.43. The number of nitrogens with two attached hydrogens (primary N) is 1. The quantitative estimate of drug-likeness (QED) is 0.662. The number of nitrogen functional groups attached to an aromatic ring is 1. The van der Waals surface area contributed by atoms with Gasteiger partial charge in [0.1, 0.15) is 19.0 Å². The number of ether oxygens (including phenoxy) is 3. The van der Waals surface area contributed by atoms with Gasteiger partial charge in [-0.2, -0.15) is 0 Å². The molecule has 3 aromatic rings. The van der Waals surface area contributed by atoms with E-state index in [4.69, 9.17) is 19.9 Å². The molecule has 0 spiro atoms. The molecule has 0 radical (unpaired) electrons. The largest absolute Gasteiger partial charge is 0.487 e. The van der Waals surface area contributed by atoms with Crippen LogP contribution in [0.15, 0.2) is 35.4 Å². The summed E-state index contributed by atoms with van der Waals surface area (Å²) in [6.45, 7) is 3.73. The Labute approximate surface area is 171 Å². The van der Waals surface area contributed by atoms with E-state index in [0.29, 0.717) is 61.1 Å². The summed E-state index contributed by atoms with van der Waals surface area (Å²) in [6.07, 6.45) is 2.65. The normalized spacial score (nSPS) is 13.9. The van der Waals surface area contributed by atoms with Gasteiger partial charge in [0, 0.05) is 24.3 Å². The molecule has 10 heteroatoms. The summed E-state index contributed by atoms with van der Waals surface area (Å²) in [4.78, 5) is 33.4. The van der Waals surface area contributed by atoms with E-state index in [1.165, 1.54) is 17.0 Å². The summed E-state index contributed by atoms with van der Waals surface area (Å²) in [7, 11) is 0. The minimum atomic E-state index is -0.461. The van der Waals surface area contributed by atoms with Crippen molar-refractivity contribution in [1.82, 2.24) is 14.5 Å². The Kier molecular flexibility index (Phi) is 5.48. The van der Waals surface area contributed by atoms with Crippen molar-refractivity contribution >= 4 is 28.4 Å². The van der Waals surface area contributed by atoms with Crippen LogP contribution in [0.1, 0.15) is 17.3 Å². The molecule has 4 rings (SSSR count). The van der Waals surface area contributed by atoms with Gasteiger partial charge in [-0.15, -0.1) is 0 Å². The molecule has 10 nitrogen and oxygen atoms in total. The fourth-order valence-electron chi connectivity index (χ4n) is 3.22. The second kappa shape index (κ2) is 8.37. The van der Waals surface area contributed by atoms with Crippen molar-refractivity contribution in [3.8, 4) is 11.5 Å². The minimum Gasteiger partial charge on any atom is -0.487 e. The van der Waals surface area contributed by atoms with Crippen LogP contribution in [0, 0.1) is 0 Å². The zero-order valence-electron chi connectivity index (χ0n) is 16.4. The average molecular weight is 411 g/mol. The fraction of sp³-hybridized carbons (Fsp3) is 0.300. The highest BCUT2D eigenvalue weighted by molar-refractivity contribution is 6.04. The van der Waals surface area contributed by atoms with Gasteiger partial charge >= 0.3 is 0 Å². The Hall–Kier alpha value is -3.66. The lowest BCUT2D eigenvalue weighted by Crippen LogP contribution is -2.25. The highest BCUT2D eigenvalue weighted by atomic mass is 16.6.